The largest absolute Gasteiger partial charge is 0.340 e. The fourth-order valence-electron chi connectivity index (χ4n) is 4.54. The number of carbonyl (C=O) groups excluding carboxylic acids is 1. The van der Waals surface area contributed by atoms with Crippen LogP contribution in [0.25, 0.3) is 0 Å². The van der Waals surface area contributed by atoms with Gasteiger partial charge in [-0.25, -0.2) is 8.42 Å². The zero-order chi connectivity index (χ0) is 17.4. The normalized spacial score (nSPS) is 32.1. The highest BCUT2D eigenvalue weighted by molar-refractivity contribution is 7.89. The Balaban J connectivity index is 1.56. The molecular formula is C19H24N2O3S. The van der Waals surface area contributed by atoms with E-state index in [2.05, 4.69) is 0 Å². The molecule has 2 aliphatic carbocycles. The highest BCUT2D eigenvalue weighted by atomic mass is 32.2. The van der Waals surface area contributed by atoms with Crippen LogP contribution in [0.1, 0.15) is 44.6 Å². The Morgan fingerprint density at radius 2 is 1.92 bits per heavy atom. The van der Waals surface area contributed by atoms with Gasteiger partial charge in [-0.1, -0.05) is 25.1 Å². The Labute approximate surface area is 149 Å². The molecule has 1 saturated heterocycles. The molecule has 2 heterocycles. The van der Waals surface area contributed by atoms with Crippen molar-refractivity contribution >= 4 is 15.9 Å². The maximum absolute atomic E-state index is 13.2. The SMILES string of the molecule is CC1(C(=O)N2CCC3(C2)c2ccccc2S(=O)(=O)N3CC2CC2)CC1. The van der Waals surface area contributed by atoms with Gasteiger partial charge in [-0.2, -0.15) is 4.31 Å². The molecule has 1 amide bonds. The smallest absolute Gasteiger partial charge is 0.244 e. The fourth-order valence-corrected chi connectivity index (χ4v) is 6.68. The van der Waals surface area contributed by atoms with Gasteiger partial charge in [0.25, 0.3) is 0 Å². The van der Waals surface area contributed by atoms with Crippen LogP contribution in [0.5, 0.6) is 0 Å². The van der Waals surface area contributed by atoms with Gasteiger partial charge in [0.1, 0.15) is 0 Å². The van der Waals surface area contributed by atoms with Gasteiger partial charge >= 0.3 is 0 Å². The number of likely N-dealkylation sites (tertiary alicyclic amines) is 1. The van der Waals surface area contributed by atoms with E-state index in [0.29, 0.717) is 36.9 Å². The number of hydrogen-bond donors (Lipinski definition) is 0. The lowest BCUT2D eigenvalue weighted by Crippen LogP contribution is -2.48. The van der Waals surface area contributed by atoms with Gasteiger partial charge in [-0.15, -0.1) is 0 Å². The second-order valence-corrected chi connectivity index (χ2v) is 10.4. The number of nitrogens with zero attached hydrogens (tertiary/aromatic N) is 2. The molecule has 5 rings (SSSR count). The minimum atomic E-state index is -3.47. The van der Waals surface area contributed by atoms with Crippen LogP contribution < -0.4 is 0 Å². The number of benzene rings is 1. The number of rotatable bonds is 3. The van der Waals surface area contributed by atoms with Crippen LogP contribution in [0.15, 0.2) is 29.2 Å². The van der Waals surface area contributed by atoms with Crippen molar-refractivity contribution in [2.75, 3.05) is 19.6 Å². The molecular weight excluding hydrogens is 336 g/mol. The lowest BCUT2D eigenvalue weighted by molar-refractivity contribution is -0.135. The molecule has 1 unspecified atom stereocenters. The Hall–Kier alpha value is -1.40. The summed E-state index contributed by atoms with van der Waals surface area (Å²) in [5.74, 6) is 0.684. The molecule has 0 aromatic heterocycles. The van der Waals surface area contributed by atoms with Crippen LogP contribution >= 0.6 is 0 Å². The Bertz CT molecular complexity index is 857. The van der Waals surface area contributed by atoms with E-state index in [1.807, 2.05) is 24.0 Å². The molecule has 0 N–H and O–H groups in total. The predicted octanol–water partition coefficient (Wildman–Crippen LogP) is 2.33. The summed E-state index contributed by atoms with van der Waals surface area (Å²) >= 11 is 0. The van der Waals surface area contributed by atoms with E-state index in [1.54, 1.807) is 16.4 Å². The molecule has 25 heavy (non-hydrogen) atoms. The minimum Gasteiger partial charge on any atom is -0.340 e. The first-order chi connectivity index (χ1) is 11.9. The van der Waals surface area contributed by atoms with E-state index in [9.17, 15) is 13.2 Å². The van der Waals surface area contributed by atoms with Crippen molar-refractivity contribution in [2.24, 2.45) is 11.3 Å². The predicted molar refractivity (Wildman–Crippen MR) is 93.3 cm³/mol. The highest BCUT2D eigenvalue weighted by Gasteiger charge is 2.59. The second kappa shape index (κ2) is 4.86. The second-order valence-electron chi connectivity index (χ2n) is 8.54. The van der Waals surface area contributed by atoms with Crippen molar-refractivity contribution in [3.05, 3.63) is 29.8 Å². The molecule has 4 aliphatic rings. The first-order valence-electron chi connectivity index (χ1n) is 9.29. The van der Waals surface area contributed by atoms with E-state index < -0.39 is 15.6 Å². The summed E-state index contributed by atoms with van der Waals surface area (Å²) in [5.41, 5.74) is 0.134. The lowest BCUT2D eigenvalue weighted by Gasteiger charge is -2.34. The molecule has 5 nitrogen and oxygen atoms in total. The van der Waals surface area contributed by atoms with Crippen LogP contribution in [0, 0.1) is 11.3 Å². The summed E-state index contributed by atoms with van der Waals surface area (Å²) in [7, 11) is -3.47. The zero-order valence-electron chi connectivity index (χ0n) is 14.6. The van der Waals surface area contributed by atoms with Gasteiger partial charge in [0.05, 0.1) is 10.4 Å². The quantitative estimate of drug-likeness (QED) is 0.831. The fraction of sp³-hybridized carbons (Fsp3) is 0.632. The molecule has 0 bridgehead atoms. The number of fused-ring (bicyclic) bond motifs is 2. The van der Waals surface area contributed by atoms with Crippen LogP contribution in [-0.2, 0) is 20.4 Å². The average Bonchev–Trinajstić information content (AvgIpc) is 3.51. The summed E-state index contributed by atoms with van der Waals surface area (Å²) < 4.78 is 28.2. The Morgan fingerprint density at radius 1 is 1.20 bits per heavy atom. The highest BCUT2D eigenvalue weighted by Crippen LogP contribution is 2.53. The van der Waals surface area contributed by atoms with Crippen LogP contribution in [0.4, 0.5) is 0 Å². The third-order valence-electron chi connectivity index (χ3n) is 6.61. The van der Waals surface area contributed by atoms with Crippen LogP contribution in [0.3, 0.4) is 0 Å². The number of hydrogen-bond acceptors (Lipinski definition) is 3. The monoisotopic (exact) mass is 360 g/mol. The topological polar surface area (TPSA) is 57.7 Å². The van der Waals surface area contributed by atoms with Gasteiger partial charge in [0.2, 0.25) is 15.9 Å². The van der Waals surface area contributed by atoms with Crippen molar-refractivity contribution < 1.29 is 13.2 Å². The number of amides is 1. The molecule has 2 saturated carbocycles. The molecule has 1 aromatic rings. The zero-order valence-corrected chi connectivity index (χ0v) is 15.4. The Morgan fingerprint density at radius 3 is 2.60 bits per heavy atom. The number of sulfonamides is 1. The molecule has 1 spiro atoms. The van der Waals surface area contributed by atoms with Gasteiger partial charge in [-0.3, -0.25) is 4.79 Å². The maximum atomic E-state index is 13.2. The molecule has 1 aromatic carbocycles. The summed E-state index contributed by atoms with van der Waals surface area (Å²) in [6, 6.07) is 7.40. The molecule has 3 fully saturated rings. The first kappa shape index (κ1) is 15.8. The van der Waals surface area contributed by atoms with Crippen molar-refractivity contribution in [3.63, 3.8) is 0 Å². The first-order valence-corrected chi connectivity index (χ1v) is 10.7. The molecule has 0 radical (unpaired) electrons. The van der Waals surface area contributed by atoms with Crippen molar-refractivity contribution in [1.82, 2.24) is 9.21 Å². The summed E-state index contributed by atoms with van der Waals surface area (Å²) in [6.45, 7) is 3.78. The molecule has 2 aliphatic heterocycles. The van der Waals surface area contributed by atoms with Gasteiger partial charge in [-0.05, 0) is 49.7 Å². The van der Waals surface area contributed by atoms with E-state index >= 15 is 0 Å². The molecule has 6 heteroatoms. The van der Waals surface area contributed by atoms with Crippen LogP contribution in [-0.4, -0.2) is 43.2 Å². The summed E-state index contributed by atoms with van der Waals surface area (Å²) in [6.07, 6.45) is 4.84. The summed E-state index contributed by atoms with van der Waals surface area (Å²) in [4.78, 5) is 15.2. The minimum absolute atomic E-state index is 0.205. The van der Waals surface area contributed by atoms with Gasteiger partial charge in [0.15, 0.2) is 0 Å². The van der Waals surface area contributed by atoms with E-state index in [0.717, 1.165) is 31.2 Å². The number of carbonyl (C=O) groups is 1. The molecule has 1 atom stereocenters. The van der Waals surface area contributed by atoms with Crippen LogP contribution in [0.2, 0.25) is 0 Å². The van der Waals surface area contributed by atoms with Crippen molar-refractivity contribution in [3.8, 4) is 0 Å². The standard InChI is InChI=1S/C19H24N2O3S/c1-18(8-9-18)17(22)20-11-10-19(13-20)15-4-2-3-5-16(15)25(23,24)21(19)12-14-6-7-14/h2-5,14H,6-13H2,1H3. The maximum Gasteiger partial charge on any atom is 0.244 e. The van der Waals surface area contributed by atoms with E-state index in [1.165, 1.54) is 0 Å². The third kappa shape index (κ3) is 2.16. The summed E-state index contributed by atoms with van der Waals surface area (Å²) in [5, 5.41) is 0. The molecule has 134 valence electrons. The van der Waals surface area contributed by atoms with Crippen molar-refractivity contribution in [2.45, 2.75) is 49.5 Å². The Kier molecular flexibility index (Phi) is 3.07. The average molecular weight is 360 g/mol. The van der Waals surface area contributed by atoms with E-state index in [4.69, 9.17) is 0 Å². The van der Waals surface area contributed by atoms with E-state index in [-0.39, 0.29) is 11.3 Å². The third-order valence-corrected chi connectivity index (χ3v) is 8.60. The van der Waals surface area contributed by atoms with Crippen molar-refractivity contribution in [1.29, 1.82) is 0 Å². The lowest BCUT2D eigenvalue weighted by atomic mass is 9.88. The van der Waals surface area contributed by atoms with Gasteiger partial charge < -0.3 is 4.90 Å². The van der Waals surface area contributed by atoms with Gasteiger partial charge in [0, 0.05) is 25.0 Å².